The standard InChI is InChI=1S/C13H16N4O3/c1-9(2)16-8-14-6-10(16)7-15-12-4-3-11(18)5-13(12)17(19)20/h3-6,8-9,15,18H,7H2,1-2H3. The molecule has 7 nitrogen and oxygen atoms in total. The van der Waals surface area contributed by atoms with Gasteiger partial charge in [0.05, 0.1) is 29.6 Å². The van der Waals surface area contributed by atoms with Gasteiger partial charge in [-0.15, -0.1) is 0 Å². The first kappa shape index (κ1) is 13.9. The number of phenolic OH excluding ortho intramolecular Hbond substituents is 1. The van der Waals surface area contributed by atoms with E-state index in [2.05, 4.69) is 10.3 Å². The summed E-state index contributed by atoms with van der Waals surface area (Å²) in [6.07, 6.45) is 3.45. The zero-order chi connectivity index (χ0) is 14.7. The minimum Gasteiger partial charge on any atom is -0.508 e. The highest BCUT2D eigenvalue weighted by atomic mass is 16.6. The smallest absolute Gasteiger partial charge is 0.296 e. The van der Waals surface area contributed by atoms with Gasteiger partial charge in [-0.3, -0.25) is 10.1 Å². The van der Waals surface area contributed by atoms with Crippen LogP contribution in [0.3, 0.4) is 0 Å². The van der Waals surface area contributed by atoms with E-state index in [4.69, 9.17) is 0 Å². The minimum atomic E-state index is -0.526. The van der Waals surface area contributed by atoms with Gasteiger partial charge < -0.3 is 15.0 Å². The number of nitrogens with zero attached hydrogens (tertiary/aromatic N) is 3. The number of imidazole rings is 1. The van der Waals surface area contributed by atoms with Gasteiger partial charge >= 0.3 is 0 Å². The molecule has 1 heterocycles. The zero-order valence-electron chi connectivity index (χ0n) is 11.3. The van der Waals surface area contributed by atoms with Gasteiger partial charge in [0.25, 0.3) is 5.69 Å². The number of anilines is 1. The van der Waals surface area contributed by atoms with Crippen LogP contribution in [0.25, 0.3) is 0 Å². The first-order valence-electron chi connectivity index (χ1n) is 6.21. The van der Waals surface area contributed by atoms with Crippen molar-refractivity contribution in [2.24, 2.45) is 0 Å². The van der Waals surface area contributed by atoms with E-state index in [1.807, 2.05) is 18.4 Å². The van der Waals surface area contributed by atoms with Gasteiger partial charge in [0.1, 0.15) is 11.4 Å². The van der Waals surface area contributed by atoms with Gasteiger partial charge in [-0.25, -0.2) is 4.98 Å². The molecule has 20 heavy (non-hydrogen) atoms. The van der Waals surface area contributed by atoms with Crippen molar-refractivity contribution in [3.8, 4) is 5.75 Å². The lowest BCUT2D eigenvalue weighted by atomic mass is 10.2. The Morgan fingerprint density at radius 3 is 2.90 bits per heavy atom. The summed E-state index contributed by atoms with van der Waals surface area (Å²) in [5.41, 5.74) is 1.15. The van der Waals surface area contributed by atoms with Gasteiger partial charge in [0.2, 0.25) is 0 Å². The van der Waals surface area contributed by atoms with Crippen molar-refractivity contribution in [2.45, 2.75) is 26.4 Å². The third-order valence-electron chi connectivity index (χ3n) is 2.94. The van der Waals surface area contributed by atoms with E-state index in [1.54, 1.807) is 12.5 Å². The molecule has 2 aromatic rings. The van der Waals surface area contributed by atoms with Gasteiger partial charge in [0, 0.05) is 12.2 Å². The van der Waals surface area contributed by atoms with E-state index < -0.39 is 4.92 Å². The molecule has 7 heteroatoms. The van der Waals surface area contributed by atoms with Gasteiger partial charge in [-0.1, -0.05) is 0 Å². The number of aromatic hydroxyl groups is 1. The lowest BCUT2D eigenvalue weighted by molar-refractivity contribution is -0.384. The third-order valence-corrected chi connectivity index (χ3v) is 2.94. The Morgan fingerprint density at radius 2 is 2.25 bits per heavy atom. The summed E-state index contributed by atoms with van der Waals surface area (Å²) in [5.74, 6) is -0.130. The maximum absolute atomic E-state index is 10.9. The summed E-state index contributed by atoms with van der Waals surface area (Å²) in [7, 11) is 0. The zero-order valence-corrected chi connectivity index (χ0v) is 11.3. The van der Waals surface area contributed by atoms with Gasteiger partial charge in [0.15, 0.2) is 0 Å². The highest BCUT2D eigenvalue weighted by Gasteiger charge is 2.15. The quantitative estimate of drug-likeness (QED) is 0.497. The molecule has 0 saturated carbocycles. The van der Waals surface area contributed by atoms with Gasteiger partial charge in [-0.05, 0) is 26.0 Å². The van der Waals surface area contributed by atoms with Gasteiger partial charge in [-0.2, -0.15) is 0 Å². The summed E-state index contributed by atoms with van der Waals surface area (Å²) >= 11 is 0. The van der Waals surface area contributed by atoms with Crippen molar-refractivity contribution in [3.63, 3.8) is 0 Å². The largest absolute Gasteiger partial charge is 0.508 e. The topological polar surface area (TPSA) is 93.2 Å². The van der Waals surface area contributed by atoms with Crippen LogP contribution < -0.4 is 5.32 Å². The summed E-state index contributed by atoms with van der Waals surface area (Å²) in [4.78, 5) is 14.5. The molecule has 2 rings (SSSR count). The highest BCUT2D eigenvalue weighted by molar-refractivity contribution is 5.63. The monoisotopic (exact) mass is 276 g/mol. The fraction of sp³-hybridized carbons (Fsp3) is 0.308. The number of nitro benzene ring substituents is 1. The van der Waals surface area contributed by atoms with E-state index in [9.17, 15) is 15.2 Å². The SMILES string of the molecule is CC(C)n1cncc1CNc1ccc(O)cc1[N+](=O)[O-]. The lowest BCUT2D eigenvalue weighted by Gasteiger charge is -2.13. The van der Waals surface area contributed by atoms with E-state index in [-0.39, 0.29) is 17.5 Å². The van der Waals surface area contributed by atoms with Crippen LogP contribution in [0, 0.1) is 10.1 Å². The Hall–Kier alpha value is -2.57. The van der Waals surface area contributed by atoms with Crippen LogP contribution in [0.1, 0.15) is 25.6 Å². The molecule has 0 unspecified atom stereocenters. The molecule has 0 spiro atoms. The molecule has 0 amide bonds. The lowest BCUT2D eigenvalue weighted by Crippen LogP contribution is -2.09. The van der Waals surface area contributed by atoms with Crippen LogP contribution in [-0.4, -0.2) is 19.6 Å². The van der Waals surface area contributed by atoms with Crippen molar-refractivity contribution in [2.75, 3.05) is 5.32 Å². The fourth-order valence-corrected chi connectivity index (χ4v) is 1.94. The number of hydrogen-bond acceptors (Lipinski definition) is 5. The predicted octanol–water partition coefficient (Wildman–Crippen LogP) is 2.69. The molecule has 0 saturated heterocycles. The molecule has 0 fully saturated rings. The number of aromatic nitrogens is 2. The van der Waals surface area contributed by atoms with Crippen LogP contribution in [0.2, 0.25) is 0 Å². The summed E-state index contributed by atoms with van der Waals surface area (Å²) in [6, 6.07) is 4.30. The maximum atomic E-state index is 10.9. The molecule has 0 aliphatic heterocycles. The Balaban J connectivity index is 2.19. The van der Waals surface area contributed by atoms with Crippen molar-refractivity contribution in [1.82, 2.24) is 9.55 Å². The average Bonchev–Trinajstić information content (AvgIpc) is 2.85. The summed E-state index contributed by atoms with van der Waals surface area (Å²) < 4.78 is 1.99. The maximum Gasteiger partial charge on any atom is 0.296 e. The molecule has 0 aliphatic carbocycles. The summed E-state index contributed by atoms with van der Waals surface area (Å²) in [5, 5.41) is 23.3. The van der Waals surface area contributed by atoms with Crippen LogP contribution in [0.5, 0.6) is 5.75 Å². The molecule has 0 bridgehead atoms. The molecule has 0 radical (unpaired) electrons. The van der Waals surface area contributed by atoms with E-state index in [0.29, 0.717) is 12.2 Å². The number of hydrogen-bond donors (Lipinski definition) is 2. The predicted molar refractivity (Wildman–Crippen MR) is 74.7 cm³/mol. The second-order valence-corrected chi connectivity index (χ2v) is 4.70. The van der Waals surface area contributed by atoms with Crippen LogP contribution in [0.15, 0.2) is 30.7 Å². The first-order valence-corrected chi connectivity index (χ1v) is 6.21. The van der Waals surface area contributed by atoms with Crippen LogP contribution >= 0.6 is 0 Å². The Bertz CT molecular complexity index is 622. The van der Waals surface area contributed by atoms with Crippen molar-refractivity contribution in [3.05, 3.63) is 46.5 Å². The van der Waals surface area contributed by atoms with E-state index >= 15 is 0 Å². The number of benzene rings is 1. The van der Waals surface area contributed by atoms with Crippen molar-refractivity contribution in [1.29, 1.82) is 0 Å². The minimum absolute atomic E-state index is 0.130. The molecular formula is C13H16N4O3. The van der Waals surface area contributed by atoms with E-state index in [1.165, 1.54) is 12.1 Å². The average molecular weight is 276 g/mol. The van der Waals surface area contributed by atoms with E-state index in [0.717, 1.165) is 11.8 Å². The second kappa shape index (κ2) is 5.60. The molecular weight excluding hydrogens is 260 g/mol. The van der Waals surface area contributed by atoms with Crippen LogP contribution in [-0.2, 0) is 6.54 Å². The molecule has 106 valence electrons. The summed E-state index contributed by atoms with van der Waals surface area (Å²) in [6.45, 7) is 4.49. The van der Waals surface area contributed by atoms with Crippen LogP contribution in [0.4, 0.5) is 11.4 Å². The molecule has 1 aromatic heterocycles. The number of rotatable bonds is 5. The Morgan fingerprint density at radius 1 is 1.50 bits per heavy atom. The number of phenols is 1. The molecule has 0 aliphatic rings. The first-order chi connectivity index (χ1) is 9.49. The molecule has 0 atom stereocenters. The fourth-order valence-electron chi connectivity index (χ4n) is 1.94. The third kappa shape index (κ3) is 2.87. The molecule has 2 N–H and O–H groups in total. The van der Waals surface area contributed by atoms with Crippen molar-refractivity contribution < 1.29 is 10.0 Å². The Labute approximate surface area is 116 Å². The molecule has 1 aromatic carbocycles. The van der Waals surface area contributed by atoms with Crippen molar-refractivity contribution >= 4 is 11.4 Å². The normalized spacial score (nSPS) is 10.8. The number of nitro groups is 1. The second-order valence-electron chi connectivity index (χ2n) is 4.70. The number of nitrogens with one attached hydrogen (secondary N) is 1. The Kier molecular flexibility index (Phi) is 3.88. The highest BCUT2D eigenvalue weighted by Crippen LogP contribution is 2.28.